The van der Waals surface area contributed by atoms with E-state index in [4.69, 9.17) is 4.74 Å². The summed E-state index contributed by atoms with van der Waals surface area (Å²) in [6, 6.07) is 11.6. The molecular weight excluding hydrogens is 431 g/mol. The molecule has 0 bridgehead atoms. The number of fused-ring (bicyclic) bond motifs is 2. The van der Waals surface area contributed by atoms with Crippen LogP contribution in [0.3, 0.4) is 0 Å². The predicted molar refractivity (Wildman–Crippen MR) is 122 cm³/mol. The third-order valence-corrected chi connectivity index (χ3v) is 6.52. The van der Waals surface area contributed by atoms with E-state index < -0.39 is 17.8 Å². The van der Waals surface area contributed by atoms with Crippen LogP contribution < -0.4 is 4.74 Å². The molecule has 5 nitrogen and oxygen atoms in total. The van der Waals surface area contributed by atoms with Crippen molar-refractivity contribution in [1.29, 1.82) is 0 Å². The summed E-state index contributed by atoms with van der Waals surface area (Å²) in [5.41, 5.74) is 1.95. The summed E-state index contributed by atoms with van der Waals surface area (Å²) in [5.74, 6) is 1.03. The van der Waals surface area contributed by atoms with Gasteiger partial charge in [0.05, 0.1) is 5.56 Å². The molecule has 1 aliphatic rings. The molecular formula is C25H26F3N3O2. The van der Waals surface area contributed by atoms with Gasteiger partial charge >= 0.3 is 6.18 Å². The maximum Gasteiger partial charge on any atom is 0.416 e. The molecule has 8 heteroatoms. The number of aliphatic hydroxyl groups excluding tert-OH is 1. The number of hydrogen-bond acceptors (Lipinski definition) is 3. The average Bonchev–Trinajstić information content (AvgIpc) is 3.44. The third kappa shape index (κ3) is 4.58. The minimum atomic E-state index is -4.34. The summed E-state index contributed by atoms with van der Waals surface area (Å²) >= 11 is 0. The van der Waals surface area contributed by atoms with Crippen molar-refractivity contribution < 1.29 is 23.0 Å². The summed E-state index contributed by atoms with van der Waals surface area (Å²) in [4.78, 5) is 8.38. The summed E-state index contributed by atoms with van der Waals surface area (Å²) in [6.07, 6.45) is 0.540. The number of aromatic nitrogens is 2. The highest BCUT2D eigenvalue weighted by molar-refractivity contribution is 5.86. The number of piperidine rings is 1. The van der Waals surface area contributed by atoms with Gasteiger partial charge in [-0.15, -0.1) is 0 Å². The maximum atomic E-state index is 13.0. The van der Waals surface area contributed by atoms with Gasteiger partial charge in [0.25, 0.3) is 0 Å². The van der Waals surface area contributed by atoms with Gasteiger partial charge in [-0.3, -0.25) is 0 Å². The lowest BCUT2D eigenvalue weighted by atomic mass is 9.89. The van der Waals surface area contributed by atoms with Crippen LogP contribution in [-0.2, 0) is 6.18 Å². The van der Waals surface area contributed by atoms with E-state index in [1.54, 1.807) is 6.07 Å². The van der Waals surface area contributed by atoms with E-state index in [0.29, 0.717) is 12.1 Å². The van der Waals surface area contributed by atoms with Crippen LogP contribution in [0.5, 0.6) is 5.75 Å². The minimum Gasteiger partial charge on any atom is -0.490 e. The van der Waals surface area contributed by atoms with Gasteiger partial charge in [0.15, 0.2) is 0 Å². The maximum absolute atomic E-state index is 13.0. The Labute approximate surface area is 189 Å². The van der Waals surface area contributed by atoms with E-state index in [2.05, 4.69) is 14.9 Å². The second-order valence-electron chi connectivity index (χ2n) is 8.74. The number of nitrogens with zero attached hydrogens (tertiary/aromatic N) is 1. The number of ether oxygens (including phenoxy) is 1. The van der Waals surface area contributed by atoms with Crippen molar-refractivity contribution in [3.8, 4) is 5.75 Å². The van der Waals surface area contributed by atoms with Crippen LogP contribution in [0.2, 0.25) is 0 Å². The predicted octanol–water partition coefficient (Wildman–Crippen LogP) is 5.29. The van der Waals surface area contributed by atoms with E-state index >= 15 is 0 Å². The molecule has 1 atom stereocenters. The molecule has 1 fully saturated rings. The van der Waals surface area contributed by atoms with E-state index in [9.17, 15) is 18.3 Å². The van der Waals surface area contributed by atoms with Gasteiger partial charge in [-0.25, -0.2) is 0 Å². The van der Waals surface area contributed by atoms with Gasteiger partial charge < -0.3 is 24.7 Å². The number of likely N-dealkylation sites (tertiary alicyclic amines) is 1. The number of nitrogens with one attached hydrogen (secondary N) is 2. The van der Waals surface area contributed by atoms with Gasteiger partial charge in [-0.05, 0) is 67.7 Å². The molecule has 0 amide bonds. The van der Waals surface area contributed by atoms with Gasteiger partial charge in [0.2, 0.25) is 0 Å². The molecule has 1 aliphatic heterocycles. The number of aromatic amines is 2. The molecule has 2 aromatic carbocycles. The van der Waals surface area contributed by atoms with Crippen molar-refractivity contribution in [2.75, 3.05) is 26.2 Å². The molecule has 0 saturated carbocycles. The minimum absolute atomic E-state index is 0.216. The van der Waals surface area contributed by atoms with Crippen LogP contribution in [0.1, 0.15) is 29.9 Å². The highest BCUT2D eigenvalue weighted by Gasteiger charge is 2.31. The van der Waals surface area contributed by atoms with E-state index in [-0.39, 0.29) is 12.5 Å². The van der Waals surface area contributed by atoms with Crippen LogP contribution in [-0.4, -0.2) is 52.3 Å². The number of H-pyrrole nitrogens is 2. The summed E-state index contributed by atoms with van der Waals surface area (Å²) < 4.78 is 44.8. The molecule has 5 rings (SSSR count). The average molecular weight is 457 g/mol. The first-order valence-corrected chi connectivity index (χ1v) is 11.2. The Morgan fingerprint density at radius 3 is 2.64 bits per heavy atom. The lowest BCUT2D eigenvalue weighted by Crippen LogP contribution is -2.40. The molecule has 4 aromatic rings. The van der Waals surface area contributed by atoms with E-state index in [1.807, 2.05) is 36.7 Å². The molecule has 2 aromatic heterocycles. The first kappa shape index (κ1) is 21.9. The number of hydrogen-bond donors (Lipinski definition) is 3. The Bertz CT molecular complexity index is 1240. The largest absolute Gasteiger partial charge is 0.490 e. The number of rotatable bonds is 6. The normalized spacial score (nSPS) is 17.1. The Morgan fingerprint density at radius 1 is 1.03 bits per heavy atom. The molecule has 174 valence electrons. The van der Waals surface area contributed by atoms with Gasteiger partial charge in [0, 0.05) is 40.7 Å². The lowest BCUT2D eigenvalue weighted by molar-refractivity contribution is -0.137. The SMILES string of the molecule is O[C@H](COc1cccc2[nH]ccc12)CN1CCC(c2c[nH]c3cc(C(F)(F)F)ccc23)CC1. The number of aliphatic hydroxyl groups is 1. The van der Waals surface area contributed by atoms with Crippen LogP contribution >= 0.6 is 0 Å². The van der Waals surface area contributed by atoms with Crippen LogP contribution in [0.25, 0.3) is 21.8 Å². The Morgan fingerprint density at radius 2 is 1.85 bits per heavy atom. The smallest absolute Gasteiger partial charge is 0.416 e. The van der Waals surface area contributed by atoms with Crippen molar-refractivity contribution in [3.05, 3.63) is 66.0 Å². The molecule has 33 heavy (non-hydrogen) atoms. The molecule has 0 aliphatic carbocycles. The van der Waals surface area contributed by atoms with Crippen molar-refractivity contribution >= 4 is 21.8 Å². The van der Waals surface area contributed by atoms with Gasteiger partial charge in [-0.2, -0.15) is 13.2 Å². The summed E-state index contributed by atoms with van der Waals surface area (Å²) in [7, 11) is 0. The quantitative estimate of drug-likeness (QED) is 0.369. The summed E-state index contributed by atoms with van der Waals surface area (Å²) in [5, 5.41) is 12.3. The number of halogens is 3. The van der Waals surface area contributed by atoms with Crippen LogP contribution in [0, 0.1) is 0 Å². The highest BCUT2D eigenvalue weighted by atomic mass is 19.4. The number of β-amino-alcohol motifs (C(OH)–C–C–N with tert-alkyl or cyclic N) is 1. The second kappa shape index (κ2) is 8.76. The molecule has 0 unspecified atom stereocenters. The first-order valence-electron chi connectivity index (χ1n) is 11.2. The third-order valence-electron chi connectivity index (χ3n) is 6.52. The van der Waals surface area contributed by atoms with Crippen molar-refractivity contribution in [2.24, 2.45) is 0 Å². The standard InChI is InChI=1S/C25H26F3N3O2/c26-25(27,28)17-4-5-19-21(13-30-23(19)12-17)16-7-10-31(11-8-16)14-18(32)15-33-24-3-1-2-22-20(24)6-9-29-22/h1-6,9,12-13,16,18,29-30,32H,7-8,10-11,14-15H2/t18-/m0/s1. The topological polar surface area (TPSA) is 64.3 Å². The van der Waals surface area contributed by atoms with Crippen molar-refractivity contribution in [1.82, 2.24) is 14.9 Å². The highest BCUT2D eigenvalue weighted by Crippen LogP contribution is 2.36. The van der Waals surface area contributed by atoms with Gasteiger partial charge in [-0.1, -0.05) is 12.1 Å². The zero-order valence-electron chi connectivity index (χ0n) is 18.0. The molecule has 0 radical (unpaired) electrons. The molecule has 1 saturated heterocycles. The fourth-order valence-electron chi connectivity index (χ4n) is 4.81. The van der Waals surface area contributed by atoms with Crippen molar-refractivity contribution in [2.45, 2.75) is 31.0 Å². The fourth-order valence-corrected chi connectivity index (χ4v) is 4.81. The Balaban J connectivity index is 1.15. The zero-order valence-corrected chi connectivity index (χ0v) is 18.0. The van der Waals surface area contributed by atoms with Crippen molar-refractivity contribution in [3.63, 3.8) is 0 Å². The zero-order chi connectivity index (χ0) is 23.0. The first-order chi connectivity index (χ1) is 15.9. The number of alkyl halides is 3. The fraction of sp³-hybridized carbons (Fsp3) is 0.360. The molecule has 3 heterocycles. The molecule has 3 N–H and O–H groups in total. The van der Waals surface area contributed by atoms with Gasteiger partial charge in [0.1, 0.15) is 18.5 Å². The Kier molecular flexibility index (Phi) is 5.80. The van der Waals surface area contributed by atoms with E-state index in [1.165, 1.54) is 6.07 Å². The summed E-state index contributed by atoms with van der Waals surface area (Å²) in [6.45, 7) is 2.39. The van der Waals surface area contributed by atoms with Crippen LogP contribution in [0.4, 0.5) is 13.2 Å². The Hall–Kier alpha value is -2.97. The molecule has 0 spiro atoms. The van der Waals surface area contributed by atoms with E-state index in [0.717, 1.165) is 59.6 Å². The lowest BCUT2D eigenvalue weighted by Gasteiger charge is -2.33. The van der Waals surface area contributed by atoms with Crippen LogP contribution in [0.15, 0.2) is 54.9 Å². The number of benzene rings is 2. The monoisotopic (exact) mass is 457 g/mol. The second-order valence-corrected chi connectivity index (χ2v) is 8.74.